The lowest BCUT2D eigenvalue weighted by atomic mass is 9.99. The van der Waals surface area contributed by atoms with Crippen LogP contribution in [0.1, 0.15) is 22.9 Å². The van der Waals surface area contributed by atoms with E-state index in [-0.39, 0.29) is 33.4 Å². The zero-order valence-electron chi connectivity index (χ0n) is 16.3. The quantitative estimate of drug-likeness (QED) is 0.313. The van der Waals surface area contributed by atoms with Crippen molar-refractivity contribution >= 4 is 52.3 Å². The molecule has 1 aliphatic heterocycles. The van der Waals surface area contributed by atoms with Gasteiger partial charge in [-0.15, -0.1) is 0 Å². The Balaban J connectivity index is 1.85. The number of carbonyl (C=O) groups is 3. The Morgan fingerprint density at radius 2 is 1.72 bits per heavy atom. The van der Waals surface area contributed by atoms with Gasteiger partial charge in [0.2, 0.25) is 0 Å². The van der Waals surface area contributed by atoms with Crippen molar-refractivity contribution in [2.24, 2.45) is 0 Å². The number of ketones is 1. The largest absolute Gasteiger partial charge is 0.507 e. The Kier molecular flexibility index (Phi) is 5.78. The van der Waals surface area contributed by atoms with Crippen molar-refractivity contribution in [3.05, 3.63) is 93.4 Å². The predicted molar refractivity (Wildman–Crippen MR) is 118 cm³/mol. The molecule has 9 heteroatoms. The van der Waals surface area contributed by atoms with Gasteiger partial charge >= 0.3 is 5.97 Å². The molecule has 1 unspecified atom stereocenters. The van der Waals surface area contributed by atoms with Gasteiger partial charge in [-0.25, -0.2) is 0 Å². The van der Waals surface area contributed by atoms with E-state index in [1.165, 1.54) is 29.4 Å². The molecule has 2 aromatic carbocycles. The number of hydrogen-bond acceptors (Lipinski definition) is 5. The van der Waals surface area contributed by atoms with Gasteiger partial charge in [-0.05, 0) is 48.0 Å². The minimum atomic E-state index is -1.04. The molecule has 1 atom stereocenters. The van der Waals surface area contributed by atoms with Crippen LogP contribution in [-0.4, -0.2) is 27.9 Å². The number of Topliss-reactive ketones (excluding diaryl/α,β-unsaturated/α-hetero) is 1. The van der Waals surface area contributed by atoms with E-state index >= 15 is 0 Å². The topological polar surface area (TPSA) is 108 Å². The predicted octanol–water partition coefficient (Wildman–Crippen LogP) is 4.84. The molecule has 162 valence electrons. The fourth-order valence-corrected chi connectivity index (χ4v) is 3.86. The molecule has 2 heterocycles. The van der Waals surface area contributed by atoms with Crippen molar-refractivity contribution < 1.29 is 29.0 Å². The highest BCUT2D eigenvalue weighted by Crippen LogP contribution is 2.42. The normalized spacial score (nSPS) is 17.7. The molecule has 1 amide bonds. The number of aliphatic hydroxyl groups excluding tert-OH is 1. The first-order valence-electron chi connectivity index (χ1n) is 9.38. The van der Waals surface area contributed by atoms with Crippen LogP contribution >= 0.6 is 23.2 Å². The lowest BCUT2D eigenvalue weighted by Crippen LogP contribution is -2.29. The van der Waals surface area contributed by atoms with E-state index in [0.29, 0.717) is 11.3 Å². The van der Waals surface area contributed by atoms with E-state index in [1.54, 1.807) is 36.4 Å². The van der Waals surface area contributed by atoms with Gasteiger partial charge in [0.1, 0.15) is 17.6 Å². The van der Waals surface area contributed by atoms with Crippen molar-refractivity contribution in [3.8, 4) is 0 Å². The second kappa shape index (κ2) is 8.53. The molecule has 0 aliphatic carbocycles. The summed E-state index contributed by atoms with van der Waals surface area (Å²) in [6.07, 6.45) is 1.21. The monoisotopic (exact) mass is 471 g/mol. The van der Waals surface area contributed by atoms with Crippen molar-refractivity contribution in [1.82, 2.24) is 0 Å². The summed E-state index contributed by atoms with van der Waals surface area (Å²) in [4.78, 5) is 38.1. The SMILES string of the molecule is O=C(O)Cc1ccc(N2C(=O)C(=O)/C(=C(\O)c3ccc(Cl)c(Cl)c3)C2c2ccco2)cc1. The third kappa shape index (κ3) is 3.88. The molecule has 4 rings (SSSR count). The third-order valence-electron chi connectivity index (χ3n) is 5.02. The average Bonchev–Trinajstić information content (AvgIpc) is 3.37. The Morgan fingerprint density at radius 1 is 1.00 bits per heavy atom. The Labute approximate surface area is 192 Å². The van der Waals surface area contributed by atoms with E-state index in [1.807, 2.05) is 0 Å². The highest BCUT2D eigenvalue weighted by atomic mass is 35.5. The van der Waals surface area contributed by atoms with E-state index in [0.717, 1.165) is 0 Å². The summed E-state index contributed by atoms with van der Waals surface area (Å²) < 4.78 is 5.49. The number of anilines is 1. The minimum Gasteiger partial charge on any atom is -0.507 e. The average molecular weight is 472 g/mol. The minimum absolute atomic E-state index is 0.169. The standard InChI is InChI=1S/C23H15Cl2NO6/c24-15-8-5-13(11-16(15)25)21(29)19-20(17-2-1-9-32-17)26(23(31)22(19)30)14-6-3-12(4-7-14)10-18(27)28/h1-9,11,20,29H,10H2,(H,27,28)/b21-19-. The van der Waals surface area contributed by atoms with E-state index in [9.17, 15) is 19.5 Å². The molecule has 0 spiro atoms. The van der Waals surface area contributed by atoms with Crippen molar-refractivity contribution in [2.45, 2.75) is 12.5 Å². The number of rotatable bonds is 5. The van der Waals surface area contributed by atoms with Crippen LogP contribution in [0.4, 0.5) is 5.69 Å². The number of aliphatic hydroxyl groups is 1. The Bertz CT molecular complexity index is 1250. The zero-order chi connectivity index (χ0) is 23.0. The number of furan rings is 1. The number of aliphatic carboxylic acids is 1. The number of carboxylic acids is 1. The van der Waals surface area contributed by atoms with Crippen molar-refractivity contribution in [2.75, 3.05) is 4.90 Å². The molecule has 1 aromatic heterocycles. The fraction of sp³-hybridized carbons (Fsp3) is 0.0870. The van der Waals surface area contributed by atoms with Gasteiger partial charge in [0.15, 0.2) is 0 Å². The maximum atomic E-state index is 13.0. The van der Waals surface area contributed by atoms with Crippen LogP contribution < -0.4 is 4.90 Å². The number of nitrogens with zero attached hydrogens (tertiary/aromatic N) is 1. The van der Waals surface area contributed by atoms with Gasteiger partial charge in [-0.2, -0.15) is 0 Å². The van der Waals surface area contributed by atoms with E-state index in [4.69, 9.17) is 32.7 Å². The van der Waals surface area contributed by atoms with Gasteiger partial charge < -0.3 is 14.6 Å². The van der Waals surface area contributed by atoms with Gasteiger partial charge in [-0.3, -0.25) is 19.3 Å². The Morgan fingerprint density at radius 3 is 2.31 bits per heavy atom. The summed E-state index contributed by atoms with van der Waals surface area (Å²) in [6.45, 7) is 0. The zero-order valence-corrected chi connectivity index (χ0v) is 17.8. The van der Waals surface area contributed by atoms with Crippen LogP contribution in [0.3, 0.4) is 0 Å². The van der Waals surface area contributed by atoms with Crippen molar-refractivity contribution in [1.29, 1.82) is 0 Å². The lowest BCUT2D eigenvalue weighted by Gasteiger charge is -2.23. The molecular weight excluding hydrogens is 457 g/mol. The summed E-state index contributed by atoms with van der Waals surface area (Å²) in [5.41, 5.74) is 0.919. The summed E-state index contributed by atoms with van der Waals surface area (Å²) in [6, 6.07) is 12.7. The van der Waals surface area contributed by atoms with Crippen LogP contribution in [0.5, 0.6) is 0 Å². The van der Waals surface area contributed by atoms with Gasteiger partial charge in [0.25, 0.3) is 11.7 Å². The smallest absolute Gasteiger partial charge is 0.307 e. The molecule has 7 nitrogen and oxygen atoms in total. The summed E-state index contributed by atoms with van der Waals surface area (Å²) in [5, 5.41) is 20.4. The number of hydrogen-bond donors (Lipinski definition) is 2. The van der Waals surface area contributed by atoms with Gasteiger partial charge in [-0.1, -0.05) is 35.3 Å². The summed E-state index contributed by atoms with van der Waals surface area (Å²) in [7, 11) is 0. The van der Waals surface area contributed by atoms with E-state index in [2.05, 4.69) is 0 Å². The van der Waals surface area contributed by atoms with Crippen LogP contribution in [0.15, 0.2) is 70.9 Å². The highest BCUT2D eigenvalue weighted by Gasteiger charge is 2.48. The van der Waals surface area contributed by atoms with Gasteiger partial charge in [0, 0.05) is 11.3 Å². The number of carbonyl (C=O) groups excluding carboxylic acids is 2. The lowest BCUT2D eigenvalue weighted by molar-refractivity contribution is -0.136. The van der Waals surface area contributed by atoms with E-state index < -0.39 is 29.5 Å². The molecule has 0 saturated carbocycles. The van der Waals surface area contributed by atoms with Gasteiger partial charge in [0.05, 0.1) is 28.3 Å². The number of amides is 1. The molecule has 1 saturated heterocycles. The van der Waals surface area contributed by atoms with Crippen molar-refractivity contribution in [3.63, 3.8) is 0 Å². The third-order valence-corrected chi connectivity index (χ3v) is 5.76. The first-order chi connectivity index (χ1) is 15.3. The molecule has 0 bridgehead atoms. The molecule has 2 N–H and O–H groups in total. The maximum absolute atomic E-state index is 13.0. The second-order valence-electron chi connectivity index (χ2n) is 7.05. The van der Waals surface area contributed by atoms with Crippen LogP contribution in [-0.2, 0) is 20.8 Å². The van der Waals surface area contributed by atoms with Crippen LogP contribution in [0.25, 0.3) is 5.76 Å². The Hall–Kier alpha value is -3.55. The number of benzene rings is 2. The first kappa shape index (κ1) is 21.7. The highest BCUT2D eigenvalue weighted by molar-refractivity contribution is 6.51. The molecule has 0 radical (unpaired) electrons. The molecular formula is C23H15Cl2NO6. The molecule has 1 fully saturated rings. The second-order valence-corrected chi connectivity index (χ2v) is 7.86. The van der Waals surface area contributed by atoms with Crippen LogP contribution in [0.2, 0.25) is 10.0 Å². The summed E-state index contributed by atoms with van der Waals surface area (Å²) >= 11 is 12.0. The fourth-order valence-electron chi connectivity index (χ4n) is 3.56. The van der Waals surface area contributed by atoms with Crippen LogP contribution in [0, 0.1) is 0 Å². The first-order valence-corrected chi connectivity index (χ1v) is 10.1. The molecule has 32 heavy (non-hydrogen) atoms. The summed E-state index contributed by atoms with van der Waals surface area (Å²) in [5.74, 6) is -2.91. The maximum Gasteiger partial charge on any atom is 0.307 e. The number of carboxylic acid groups (broad SMARTS) is 1. The number of halogens is 2. The molecule has 3 aromatic rings. The molecule has 1 aliphatic rings.